The highest BCUT2D eigenvalue weighted by Gasteiger charge is 2.17. The van der Waals surface area contributed by atoms with Crippen molar-refractivity contribution in [2.75, 3.05) is 27.2 Å². The predicted molar refractivity (Wildman–Crippen MR) is 82.3 cm³/mol. The molecule has 0 saturated carbocycles. The van der Waals surface area contributed by atoms with Gasteiger partial charge in [-0.25, -0.2) is 0 Å². The molecule has 0 amide bonds. The van der Waals surface area contributed by atoms with Gasteiger partial charge in [-0.05, 0) is 57.1 Å². The van der Waals surface area contributed by atoms with Crippen LogP contribution >= 0.6 is 12.4 Å². The Balaban J connectivity index is 0.00000180. The van der Waals surface area contributed by atoms with E-state index in [4.69, 9.17) is 4.74 Å². The van der Waals surface area contributed by atoms with E-state index < -0.39 is 0 Å². The van der Waals surface area contributed by atoms with Crippen LogP contribution in [0.15, 0.2) is 18.2 Å². The fourth-order valence-electron chi connectivity index (χ4n) is 2.63. The lowest BCUT2D eigenvalue weighted by atomic mass is 10.0. The molecule has 1 saturated heterocycles. The normalized spacial score (nSPS) is 16.2. The lowest BCUT2D eigenvalue weighted by Crippen LogP contribution is -2.40. The van der Waals surface area contributed by atoms with Crippen molar-refractivity contribution in [3.05, 3.63) is 29.3 Å². The van der Waals surface area contributed by atoms with E-state index in [9.17, 15) is 0 Å². The second-order valence-corrected chi connectivity index (χ2v) is 5.20. The summed E-state index contributed by atoms with van der Waals surface area (Å²) in [6, 6.07) is 7.21. The minimum absolute atomic E-state index is 0. The number of nitrogens with one attached hydrogen (secondary N) is 1. The lowest BCUT2D eigenvalue weighted by molar-refractivity contribution is 0.191. The Morgan fingerprint density at radius 2 is 2.00 bits per heavy atom. The van der Waals surface area contributed by atoms with E-state index in [2.05, 4.69) is 42.4 Å². The topological polar surface area (TPSA) is 24.5 Å². The number of rotatable bonds is 4. The largest absolute Gasteiger partial charge is 0.496 e. The van der Waals surface area contributed by atoms with E-state index in [-0.39, 0.29) is 12.4 Å². The second-order valence-electron chi connectivity index (χ2n) is 5.20. The van der Waals surface area contributed by atoms with Crippen LogP contribution in [0.5, 0.6) is 5.75 Å². The highest BCUT2D eigenvalue weighted by atomic mass is 35.5. The van der Waals surface area contributed by atoms with Crippen LogP contribution in [0.4, 0.5) is 0 Å². The molecular weight excluding hydrogens is 260 g/mol. The van der Waals surface area contributed by atoms with Crippen LogP contribution in [0.25, 0.3) is 0 Å². The van der Waals surface area contributed by atoms with Crippen molar-refractivity contribution in [2.24, 2.45) is 0 Å². The molecule has 2 rings (SSSR count). The van der Waals surface area contributed by atoms with Gasteiger partial charge in [0.25, 0.3) is 0 Å². The van der Waals surface area contributed by atoms with Gasteiger partial charge < -0.3 is 10.1 Å². The smallest absolute Gasteiger partial charge is 0.122 e. The number of methoxy groups -OCH3 is 1. The average molecular weight is 285 g/mol. The average Bonchev–Trinajstić information content (AvgIpc) is 2.42. The van der Waals surface area contributed by atoms with Gasteiger partial charge in [0.1, 0.15) is 5.75 Å². The molecule has 0 radical (unpaired) electrons. The Morgan fingerprint density at radius 1 is 1.32 bits per heavy atom. The Kier molecular flexibility index (Phi) is 6.63. The summed E-state index contributed by atoms with van der Waals surface area (Å²) in [6.07, 6.45) is 2.50. The Hall–Kier alpha value is -0.770. The van der Waals surface area contributed by atoms with Gasteiger partial charge in [-0.2, -0.15) is 0 Å². The lowest BCUT2D eigenvalue weighted by Gasteiger charge is -2.31. The summed E-state index contributed by atoms with van der Waals surface area (Å²) in [7, 11) is 3.96. The number of aryl methyl sites for hydroxylation is 1. The molecule has 0 spiro atoms. The molecule has 3 nitrogen and oxygen atoms in total. The number of nitrogens with zero attached hydrogens (tertiary/aromatic N) is 1. The molecular formula is C15H25ClN2O. The first-order valence-electron chi connectivity index (χ1n) is 6.75. The van der Waals surface area contributed by atoms with Crippen LogP contribution < -0.4 is 10.1 Å². The maximum absolute atomic E-state index is 5.38. The van der Waals surface area contributed by atoms with Crippen molar-refractivity contribution >= 4 is 12.4 Å². The Bertz CT molecular complexity index is 392. The van der Waals surface area contributed by atoms with Crippen LogP contribution in [0.3, 0.4) is 0 Å². The second kappa shape index (κ2) is 7.73. The van der Waals surface area contributed by atoms with Gasteiger partial charge in [0.05, 0.1) is 7.11 Å². The fourth-order valence-corrected chi connectivity index (χ4v) is 2.63. The first kappa shape index (κ1) is 16.3. The number of ether oxygens (including phenoxy) is 1. The van der Waals surface area contributed by atoms with Crippen LogP contribution in [0, 0.1) is 6.92 Å². The van der Waals surface area contributed by atoms with Gasteiger partial charge >= 0.3 is 0 Å². The molecule has 1 heterocycles. The maximum atomic E-state index is 5.38. The molecule has 0 aliphatic carbocycles. The van der Waals surface area contributed by atoms with Crippen molar-refractivity contribution in [1.82, 2.24) is 10.2 Å². The van der Waals surface area contributed by atoms with Gasteiger partial charge in [0.2, 0.25) is 0 Å². The molecule has 1 aromatic carbocycles. The van der Waals surface area contributed by atoms with Crippen LogP contribution in [0.1, 0.15) is 24.0 Å². The van der Waals surface area contributed by atoms with E-state index in [1.165, 1.54) is 24.0 Å². The fraction of sp³-hybridized carbons (Fsp3) is 0.600. The highest BCUT2D eigenvalue weighted by molar-refractivity contribution is 5.85. The first-order chi connectivity index (χ1) is 8.70. The summed E-state index contributed by atoms with van der Waals surface area (Å²) in [6.45, 7) is 5.37. The van der Waals surface area contributed by atoms with Gasteiger partial charge in [-0.3, -0.25) is 4.90 Å². The van der Waals surface area contributed by atoms with Crippen molar-refractivity contribution < 1.29 is 4.74 Å². The molecule has 19 heavy (non-hydrogen) atoms. The van der Waals surface area contributed by atoms with Gasteiger partial charge in [-0.15, -0.1) is 12.4 Å². The van der Waals surface area contributed by atoms with Gasteiger partial charge in [0, 0.05) is 12.6 Å². The number of benzene rings is 1. The standard InChI is InChI=1S/C15H24N2O.ClH/c1-12-4-5-13(10-15(12)18-3)11-17(2)14-6-8-16-9-7-14;/h4-5,10,14,16H,6-9,11H2,1-3H3;1H. The molecule has 1 fully saturated rings. The molecule has 4 heteroatoms. The number of hydrogen-bond acceptors (Lipinski definition) is 3. The molecule has 1 N–H and O–H groups in total. The Labute approximate surface area is 122 Å². The third-order valence-corrected chi connectivity index (χ3v) is 3.84. The zero-order chi connectivity index (χ0) is 13.0. The van der Waals surface area contributed by atoms with Crippen molar-refractivity contribution in [2.45, 2.75) is 32.4 Å². The minimum Gasteiger partial charge on any atom is -0.496 e. The van der Waals surface area contributed by atoms with Gasteiger partial charge in [0.15, 0.2) is 0 Å². The van der Waals surface area contributed by atoms with Crippen molar-refractivity contribution in [1.29, 1.82) is 0 Å². The molecule has 0 atom stereocenters. The zero-order valence-corrected chi connectivity index (χ0v) is 12.9. The van der Waals surface area contributed by atoms with E-state index in [1.807, 2.05) is 0 Å². The van der Waals surface area contributed by atoms with E-state index in [0.29, 0.717) is 6.04 Å². The molecule has 0 aromatic heterocycles. The summed E-state index contributed by atoms with van der Waals surface area (Å²) in [5, 5.41) is 3.41. The summed E-state index contributed by atoms with van der Waals surface area (Å²) < 4.78 is 5.38. The zero-order valence-electron chi connectivity index (χ0n) is 12.1. The van der Waals surface area contributed by atoms with Crippen LogP contribution in [0.2, 0.25) is 0 Å². The number of hydrogen-bond donors (Lipinski definition) is 1. The quantitative estimate of drug-likeness (QED) is 0.920. The first-order valence-corrected chi connectivity index (χ1v) is 6.75. The molecule has 108 valence electrons. The molecule has 1 aliphatic heterocycles. The number of piperidine rings is 1. The summed E-state index contributed by atoms with van der Waals surface area (Å²) in [5.74, 6) is 0.992. The number of halogens is 1. The maximum Gasteiger partial charge on any atom is 0.122 e. The molecule has 1 aliphatic rings. The van der Waals surface area contributed by atoms with E-state index in [1.54, 1.807) is 7.11 Å². The van der Waals surface area contributed by atoms with Crippen LogP contribution in [-0.4, -0.2) is 38.2 Å². The summed E-state index contributed by atoms with van der Waals surface area (Å²) in [5.41, 5.74) is 2.53. The molecule has 0 unspecified atom stereocenters. The monoisotopic (exact) mass is 284 g/mol. The van der Waals surface area contributed by atoms with E-state index >= 15 is 0 Å². The minimum atomic E-state index is 0. The van der Waals surface area contributed by atoms with Crippen molar-refractivity contribution in [3.63, 3.8) is 0 Å². The molecule has 0 bridgehead atoms. The van der Waals surface area contributed by atoms with Gasteiger partial charge in [-0.1, -0.05) is 12.1 Å². The highest BCUT2D eigenvalue weighted by Crippen LogP contribution is 2.21. The van der Waals surface area contributed by atoms with E-state index in [0.717, 1.165) is 25.4 Å². The third kappa shape index (κ3) is 4.37. The molecule has 1 aromatic rings. The Morgan fingerprint density at radius 3 is 2.63 bits per heavy atom. The summed E-state index contributed by atoms with van der Waals surface area (Å²) in [4.78, 5) is 2.46. The van der Waals surface area contributed by atoms with Crippen molar-refractivity contribution in [3.8, 4) is 5.75 Å². The van der Waals surface area contributed by atoms with Crippen LogP contribution in [-0.2, 0) is 6.54 Å². The SMILES string of the molecule is COc1cc(CN(C)C2CCNCC2)ccc1C.Cl. The predicted octanol–water partition coefficient (Wildman–Crippen LogP) is 2.61. The third-order valence-electron chi connectivity index (χ3n) is 3.84. The summed E-state index contributed by atoms with van der Waals surface area (Å²) >= 11 is 0.